The van der Waals surface area contributed by atoms with Crippen molar-refractivity contribution in [1.82, 2.24) is 15.5 Å². The van der Waals surface area contributed by atoms with Crippen molar-refractivity contribution >= 4 is 6.03 Å². The van der Waals surface area contributed by atoms with Gasteiger partial charge in [0.1, 0.15) is 0 Å². The monoisotopic (exact) mass is 303 g/mol. The van der Waals surface area contributed by atoms with Gasteiger partial charge in [0.25, 0.3) is 0 Å². The predicted octanol–water partition coefficient (Wildman–Crippen LogP) is 3.10. The standard InChI is InChI=1S/C18H29N3O/c1-5-19-16(22)20-18(15-9-7-6-8-10-15)11-13-21(14-12-18)17(2,3)4/h6-10H,5,11-14H2,1-4H3,(H2,19,20,22). The average molecular weight is 303 g/mol. The lowest BCUT2D eigenvalue weighted by atomic mass is 9.80. The fourth-order valence-electron chi connectivity index (χ4n) is 3.22. The van der Waals surface area contributed by atoms with Crippen molar-refractivity contribution in [2.45, 2.75) is 51.6 Å². The van der Waals surface area contributed by atoms with Crippen molar-refractivity contribution in [1.29, 1.82) is 0 Å². The van der Waals surface area contributed by atoms with E-state index in [1.165, 1.54) is 5.56 Å². The van der Waals surface area contributed by atoms with Gasteiger partial charge in [0, 0.05) is 25.2 Å². The van der Waals surface area contributed by atoms with Crippen LogP contribution in [0.1, 0.15) is 46.1 Å². The molecular formula is C18H29N3O. The first kappa shape index (κ1) is 16.8. The Morgan fingerprint density at radius 1 is 1.18 bits per heavy atom. The molecule has 4 heteroatoms. The molecule has 2 N–H and O–H groups in total. The van der Waals surface area contributed by atoms with Gasteiger partial charge in [-0.15, -0.1) is 0 Å². The second-order valence-electron chi connectivity index (χ2n) is 7.09. The number of hydrogen-bond acceptors (Lipinski definition) is 2. The van der Waals surface area contributed by atoms with E-state index in [1.54, 1.807) is 0 Å². The molecule has 1 aromatic rings. The number of carbonyl (C=O) groups excluding carboxylic acids is 1. The van der Waals surface area contributed by atoms with Gasteiger partial charge in [-0.25, -0.2) is 4.79 Å². The summed E-state index contributed by atoms with van der Waals surface area (Å²) >= 11 is 0. The first-order chi connectivity index (χ1) is 10.4. The van der Waals surface area contributed by atoms with E-state index in [2.05, 4.69) is 48.4 Å². The number of hydrogen-bond donors (Lipinski definition) is 2. The van der Waals surface area contributed by atoms with Gasteiger partial charge in [0.2, 0.25) is 0 Å². The highest BCUT2D eigenvalue weighted by Gasteiger charge is 2.39. The molecule has 1 heterocycles. The van der Waals surface area contributed by atoms with Crippen LogP contribution in [0.5, 0.6) is 0 Å². The highest BCUT2D eigenvalue weighted by atomic mass is 16.2. The molecule has 1 saturated heterocycles. The van der Waals surface area contributed by atoms with Crippen LogP contribution in [0, 0.1) is 0 Å². The fourth-order valence-corrected chi connectivity index (χ4v) is 3.22. The highest BCUT2D eigenvalue weighted by molar-refractivity contribution is 5.75. The number of rotatable bonds is 3. The molecule has 0 aliphatic carbocycles. The third kappa shape index (κ3) is 3.80. The molecule has 0 unspecified atom stereocenters. The van der Waals surface area contributed by atoms with Crippen molar-refractivity contribution < 1.29 is 4.79 Å². The summed E-state index contributed by atoms with van der Waals surface area (Å²) in [6.07, 6.45) is 1.87. The van der Waals surface area contributed by atoms with Crippen molar-refractivity contribution in [3.63, 3.8) is 0 Å². The molecule has 4 nitrogen and oxygen atoms in total. The predicted molar refractivity (Wildman–Crippen MR) is 90.9 cm³/mol. The molecule has 1 aliphatic rings. The van der Waals surface area contributed by atoms with Crippen LogP contribution in [-0.4, -0.2) is 36.1 Å². The highest BCUT2D eigenvalue weighted by Crippen LogP contribution is 2.35. The van der Waals surface area contributed by atoms with E-state index in [9.17, 15) is 4.79 Å². The Balaban J connectivity index is 2.20. The molecule has 2 amide bonds. The molecule has 0 atom stereocenters. The molecule has 0 aromatic heterocycles. The quantitative estimate of drug-likeness (QED) is 0.901. The minimum absolute atomic E-state index is 0.0736. The molecule has 1 aliphatic heterocycles. The molecule has 0 saturated carbocycles. The van der Waals surface area contributed by atoms with Gasteiger partial charge in [-0.2, -0.15) is 0 Å². The van der Waals surface area contributed by atoms with Gasteiger partial charge in [-0.05, 0) is 46.1 Å². The van der Waals surface area contributed by atoms with Crippen molar-refractivity contribution in [3.05, 3.63) is 35.9 Å². The van der Waals surface area contributed by atoms with Crippen molar-refractivity contribution in [3.8, 4) is 0 Å². The Bertz CT molecular complexity index is 485. The lowest BCUT2D eigenvalue weighted by Gasteiger charge is -2.47. The Morgan fingerprint density at radius 2 is 1.77 bits per heavy atom. The first-order valence-electron chi connectivity index (χ1n) is 8.24. The maximum Gasteiger partial charge on any atom is 0.315 e. The lowest BCUT2D eigenvalue weighted by molar-refractivity contribution is 0.0655. The second-order valence-corrected chi connectivity index (χ2v) is 7.09. The number of nitrogens with zero attached hydrogens (tertiary/aromatic N) is 1. The molecule has 2 rings (SSSR count). The number of benzene rings is 1. The number of piperidine rings is 1. The van der Waals surface area contributed by atoms with E-state index in [1.807, 2.05) is 25.1 Å². The molecule has 122 valence electrons. The van der Waals surface area contributed by atoms with Crippen LogP contribution in [0.4, 0.5) is 4.79 Å². The Hall–Kier alpha value is -1.55. The molecule has 1 fully saturated rings. The third-order valence-corrected chi connectivity index (χ3v) is 4.58. The summed E-state index contributed by atoms with van der Waals surface area (Å²) in [6.45, 7) is 11.3. The van der Waals surface area contributed by atoms with Crippen molar-refractivity contribution in [2.75, 3.05) is 19.6 Å². The summed E-state index contributed by atoms with van der Waals surface area (Å²) in [4.78, 5) is 14.6. The van der Waals surface area contributed by atoms with E-state index < -0.39 is 0 Å². The largest absolute Gasteiger partial charge is 0.338 e. The summed E-state index contributed by atoms with van der Waals surface area (Å²) in [5.41, 5.74) is 1.12. The minimum Gasteiger partial charge on any atom is -0.338 e. The normalized spacial score (nSPS) is 18.7. The molecule has 0 spiro atoms. The summed E-state index contributed by atoms with van der Waals surface area (Å²) in [5.74, 6) is 0. The van der Waals surface area contributed by atoms with Gasteiger partial charge < -0.3 is 10.6 Å². The van der Waals surface area contributed by atoms with Crippen LogP contribution >= 0.6 is 0 Å². The Labute approximate surface area is 134 Å². The van der Waals surface area contributed by atoms with Crippen LogP contribution in [0.25, 0.3) is 0 Å². The zero-order valence-corrected chi connectivity index (χ0v) is 14.3. The SMILES string of the molecule is CCNC(=O)NC1(c2ccccc2)CCN(C(C)(C)C)CC1. The van der Waals surface area contributed by atoms with Crippen LogP contribution in [0.15, 0.2) is 30.3 Å². The summed E-state index contributed by atoms with van der Waals surface area (Å²) in [7, 11) is 0. The Morgan fingerprint density at radius 3 is 2.27 bits per heavy atom. The van der Waals surface area contributed by atoms with E-state index in [-0.39, 0.29) is 17.1 Å². The number of nitrogens with one attached hydrogen (secondary N) is 2. The van der Waals surface area contributed by atoms with Crippen LogP contribution < -0.4 is 10.6 Å². The molecular weight excluding hydrogens is 274 g/mol. The van der Waals surface area contributed by atoms with E-state index in [0.29, 0.717) is 6.54 Å². The first-order valence-corrected chi connectivity index (χ1v) is 8.24. The third-order valence-electron chi connectivity index (χ3n) is 4.58. The molecule has 0 bridgehead atoms. The average Bonchev–Trinajstić information content (AvgIpc) is 2.48. The van der Waals surface area contributed by atoms with Gasteiger partial charge >= 0.3 is 6.03 Å². The van der Waals surface area contributed by atoms with E-state index >= 15 is 0 Å². The topological polar surface area (TPSA) is 44.4 Å². The van der Waals surface area contributed by atoms with Gasteiger partial charge in [-0.1, -0.05) is 30.3 Å². The number of urea groups is 1. The maximum absolute atomic E-state index is 12.1. The van der Waals surface area contributed by atoms with Crippen LogP contribution in [-0.2, 0) is 5.54 Å². The molecule has 0 radical (unpaired) electrons. The summed E-state index contributed by atoms with van der Waals surface area (Å²) < 4.78 is 0. The van der Waals surface area contributed by atoms with E-state index in [4.69, 9.17) is 0 Å². The number of carbonyl (C=O) groups is 1. The van der Waals surface area contributed by atoms with E-state index in [0.717, 1.165) is 25.9 Å². The maximum atomic E-state index is 12.1. The van der Waals surface area contributed by atoms with Crippen LogP contribution in [0.2, 0.25) is 0 Å². The van der Waals surface area contributed by atoms with Gasteiger partial charge in [0.05, 0.1) is 5.54 Å². The Kier molecular flexibility index (Phi) is 5.12. The molecule has 1 aromatic carbocycles. The second kappa shape index (κ2) is 6.69. The lowest BCUT2D eigenvalue weighted by Crippen LogP contribution is -2.58. The zero-order chi connectivity index (χ0) is 16.2. The van der Waals surface area contributed by atoms with Gasteiger partial charge in [0.15, 0.2) is 0 Å². The van der Waals surface area contributed by atoms with Crippen molar-refractivity contribution in [2.24, 2.45) is 0 Å². The molecule has 22 heavy (non-hydrogen) atoms. The summed E-state index contributed by atoms with van der Waals surface area (Å²) in [6, 6.07) is 10.3. The number of amides is 2. The van der Waals surface area contributed by atoms with Crippen LogP contribution in [0.3, 0.4) is 0 Å². The summed E-state index contributed by atoms with van der Waals surface area (Å²) in [5, 5.41) is 6.11. The number of likely N-dealkylation sites (tertiary alicyclic amines) is 1. The smallest absolute Gasteiger partial charge is 0.315 e. The fraction of sp³-hybridized carbons (Fsp3) is 0.611. The minimum atomic E-state index is -0.262. The van der Waals surface area contributed by atoms with Gasteiger partial charge in [-0.3, -0.25) is 4.90 Å². The zero-order valence-electron chi connectivity index (χ0n) is 14.3.